The second-order valence-electron chi connectivity index (χ2n) is 4.98. The molecule has 6 heteroatoms. The Hall–Kier alpha value is -2.05. The number of ether oxygens (including phenoxy) is 1. The molecule has 0 saturated heterocycles. The van der Waals surface area contributed by atoms with E-state index in [-0.39, 0.29) is 6.61 Å². The number of hydrogen-bond acceptors (Lipinski definition) is 5. The van der Waals surface area contributed by atoms with Crippen LogP contribution < -0.4 is 4.74 Å². The van der Waals surface area contributed by atoms with Gasteiger partial charge in [0.2, 0.25) is 0 Å². The van der Waals surface area contributed by atoms with Gasteiger partial charge in [-0.05, 0) is 11.5 Å². The lowest BCUT2D eigenvalue weighted by atomic mass is 10.1. The van der Waals surface area contributed by atoms with Gasteiger partial charge in [0.1, 0.15) is 18.7 Å². The Morgan fingerprint density at radius 2 is 2.05 bits per heavy atom. The van der Waals surface area contributed by atoms with Crippen LogP contribution >= 0.6 is 11.8 Å². The lowest BCUT2D eigenvalue weighted by molar-refractivity contribution is 0.127. The van der Waals surface area contributed by atoms with E-state index in [0.717, 1.165) is 21.7 Å². The molecule has 2 aromatic carbocycles. The van der Waals surface area contributed by atoms with E-state index >= 15 is 0 Å². The molecule has 114 valence electrons. The lowest BCUT2D eigenvalue weighted by Crippen LogP contribution is -2.20. The highest BCUT2D eigenvalue weighted by atomic mass is 32.2. The van der Waals surface area contributed by atoms with Crippen molar-refractivity contribution in [1.29, 1.82) is 0 Å². The van der Waals surface area contributed by atoms with Crippen molar-refractivity contribution in [3.05, 3.63) is 48.8 Å². The third-order valence-corrected chi connectivity index (χ3v) is 4.43. The number of thioether (sulfide) groups is 1. The van der Waals surface area contributed by atoms with E-state index in [1.807, 2.05) is 54.1 Å². The summed E-state index contributed by atoms with van der Waals surface area (Å²) < 4.78 is 7.60. The molecule has 0 aliphatic heterocycles. The van der Waals surface area contributed by atoms with Crippen LogP contribution in [0.3, 0.4) is 0 Å². The van der Waals surface area contributed by atoms with Crippen LogP contribution in [0.25, 0.3) is 10.8 Å². The standard InChI is InChI=1S/C16H17N3O2S/c1-19-11-17-18-16(19)22-10-13(20)9-21-15-8-4-6-12-5-2-3-7-14(12)15/h2-8,11,13,20H,9-10H2,1H3/t13-/m0/s1. The van der Waals surface area contributed by atoms with E-state index in [0.29, 0.717) is 5.75 Å². The van der Waals surface area contributed by atoms with Crippen molar-refractivity contribution >= 4 is 22.5 Å². The number of benzene rings is 2. The molecule has 0 unspecified atom stereocenters. The summed E-state index contributed by atoms with van der Waals surface area (Å²) in [6.07, 6.45) is 1.07. The van der Waals surface area contributed by atoms with Crippen molar-refractivity contribution in [2.24, 2.45) is 7.05 Å². The highest BCUT2D eigenvalue weighted by molar-refractivity contribution is 7.99. The van der Waals surface area contributed by atoms with Gasteiger partial charge in [-0.25, -0.2) is 0 Å². The molecule has 0 aliphatic carbocycles. The Kier molecular flexibility index (Phi) is 4.60. The third-order valence-electron chi connectivity index (χ3n) is 3.26. The maximum Gasteiger partial charge on any atom is 0.190 e. The molecule has 1 heterocycles. The Balaban J connectivity index is 1.58. The summed E-state index contributed by atoms with van der Waals surface area (Å²) in [5.41, 5.74) is 0. The van der Waals surface area contributed by atoms with Gasteiger partial charge in [-0.2, -0.15) is 0 Å². The summed E-state index contributed by atoms with van der Waals surface area (Å²) in [5, 5.41) is 20.8. The number of rotatable bonds is 6. The van der Waals surface area contributed by atoms with Crippen LogP contribution in [0, 0.1) is 0 Å². The maximum absolute atomic E-state index is 10.1. The van der Waals surface area contributed by atoms with E-state index in [1.165, 1.54) is 11.8 Å². The van der Waals surface area contributed by atoms with Gasteiger partial charge in [0.25, 0.3) is 0 Å². The number of fused-ring (bicyclic) bond motifs is 1. The van der Waals surface area contributed by atoms with Gasteiger partial charge in [0.05, 0.1) is 6.10 Å². The van der Waals surface area contributed by atoms with Crippen LogP contribution in [-0.2, 0) is 7.05 Å². The molecule has 0 bridgehead atoms. The van der Waals surface area contributed by atoms with Crippen molar-refractivity contribution in [1.82, 2.24) is 14.8 Å². The van der Waals surface area contributed by atoms with E-state index in [4.69, 9.17) is 4.74 Å². The molecule has 3 aromatic rings. The van der Waals surface area contributed by atoms with E-state index in [1.54, 1.807) is 6.33 Å². The zero-order valence-electron chi connectivity index (χ0n) is 12.2. The first-order chi connectivity index (χ1) is 10.7. The highest BCUT2D eigenvalue weighted by Crippen LogP contribution is 2.25. The number of aryl methyl sites for hydroxylation is 1. The Morgan fingerprint density at radius 3 is 2.86 bits per heavy atom. The quantitative estimate of drug-likeness (QED) is 0.708. The summed E-state index contributed by atoms with van der Waals surface area (Å²) in [7, 11) is 1.88. The van der Waals surface area contributed by atoms with Crippen LogP contribution in [0.15, 0.2) is 53.9 Å². The van der Waals surface area contributed by atoms with Gasteiger partial charge < -0.3 is 14.4 Å². The minimum Gasteiger partial charge on any atom is -0.490 e. The number of aliphatic hydroxyl groups is 1. The van der Waals surface area contributed by atoms with Crippen molar-refractivity contribution in [2.75, 3.05) is 12.4 Å². The molecule has 0 radical (unpaired) electrons. The number of nitrogens with zero attached hydrogens (tertiary/aromatic N) is 3. The van der Waals surface area contributed by atoms with Crippen molar-refractivity contribution < 1.29 is 9.84 Å². The van der Waals surface area contributed by atoms with E-state index < -0.39 is 6.10 Å². The number of aliphatic hydroxyl groups excluding tert-OH is 1. The van der Waals surface area contributed by atoms with E-state index in [9.17, 15) is 5.11 Å². The van der Waals surface area contributed by atoms with Crippen molar-refractivity contribution in [2.45, 2.75) is 11.3 Å². The average Bonchev–Trinajstić information content (AvgIpc) is 2.96. The summed E-state index contributed by atoms with van der Waals surface area (Å²) in [5.74, 6) is 1.30. The Bertz CT molecular complexity index is 754. The van der Waals surface area contributed by atoms with Gasteiger partial charge >= 0.3 is 0 Å². The first-order valence-electron chi connectivity index (χ1n) is 6.99. The lowest BCUT2D eigenvalue weighted by Gasteiger charge is -2.13. The van der Waals surface area contributed by atoms with Crippen molar-refractivity contribution in [3.63, 3.8) is 0 Å². The van der Waals surface area contributed by atoms with E-state index in [2.05, 4.69) is 10.2 Å². The van der Waals surface area contributed by atoms with Gasteiger partial charge in [0.15, 0.2) is 5.16 Å². The summed E-state index contributed by atoms with van der Waals surface area (Å²) in [4.78, 5) is 0. The molecule has 1 aromatic heterocycles. The van der Waals surface area contributed by atoms with Gasteiger partial charge in [0, 0.05) is 18.2 Å². The average molecular weight is 315 g/mol. The monoisotopic (exact) mass is 315 g/mol. The molecule has 0 saturated carbocycles. The predicted octanol–water partition coefficient (Wildman–Crippen LogP) is 2.50. The minimum atomic E-state index is -0.569. The van der Waals surface area contributed by atoms with Crippen LogP contribution in [0.2, 0.25) is 0 Å². The van der Waals surface area contributed by atoms with Crippen LogP contribution in [0.4, 0.5) is 0 Å². The normalized spacial score (nSPS) is 12.5. The fraction of sp³-hybridized carbons (Fsp3) is 0.250. The van der Waals surface area contributed by atoms with Crippen LogP contribution in [0.5, 0.6) is 5.75 Å². The van der Waals surface area contributed by atoms with Crippen LogP contribution in [0.1, 0.15) is 0 Å². The summed E-state index contributed by atoms with van der Waals surface area (Å²) in [6, 6.07) is 14.0. The molecule has 22 heavy (non-hydrogen) atoms. The molecular formula is C16H17N3O2S. The molecule has 1 N–H and O–H groups in total. The molecule has 5 nitrogen and oxygen atoms in total. The third kappa shape index (κ3) is 3.40. The van der Waals surface area contributed by atoms with Crippen LogP contribution in [-0.4, -0.2) is 38.3 Å². The first kappa shape index (κ1) is 14.9. The largest absolute Gasteiger partial charge is 0.490 e. The predicted molar refractivity (Wildman–Crippen MR) is 87.2 cm³/mol. The minimum absolute atomic E-state index is 0.249. The molecule has 0 fully saturated rings. The molecular weight excluding hydrogens is 298 g/mol. The molecule has 0 amide bonds. The number of aromatic nitrogens is 3. The molecule has 3 rings (SSSR count). The second-order valence-corrected chi connectivity index (χ2v) is 5.96. The zero-order valence-corrected chi connectivity index (χ0v) is 13.0. The number of hydrogen-bond donors (Lipinski definition) is 1. The zero-order chi connectivity index (χ0) is 15.4. The summed E-state index contributed by atoms with van der Waals surface area (Å²) in [6.45, 7) is 0.249. The topological polar surface area (TPSA) is 60.2 Å². The first-order valence-corrected chi connectivity index (χ1v) is 7.98. The molecule has 0 aliphatic rings. The van der Waals surface area contributed by atoms with Crippen molar-refractivity contribution in [3.8, 4) is 5.75 Å². The molecule has 0 spiro atoms. The SMILES string of the molecule is Cn1cnnc1SC[C@@H](O)COc1cccc2ccccc12. The fourth-order valence-corrected chi connectivity index (χ4v) is 2.92. The second kappa shape index (κ2) is 6.81. The maximum atomic E-state index is 10.1. The van der Waals surface area contributed by atoms with Gasteiger partial charge in [-0.3, -0.25) is 0 Å². The Labute approximate surface area is 132 Å². The highest BCUT2D eigenvalue weighted by Gasteiger charge is 2.10. The Morgan fingerprint density at radius 1 is 1.23 bits per heavy atom. The smallest absolute Gasteiger partial charge is 0.190 e. The summed E-state index contributed by atoms with van der Waals surface area (Å²) >= 11 is 1.46. The fourth-order valence-electron chi connectivity index (χ4n) is 2.13. The molecule has 1 atom stereocenters. The van der Waals surface area contributed by atoms with Gasteiger partial charge in [-0.15, -0.1) is 10.2 Å². The van der Waals surface area contributed by atoms with Gasteiger partial charge in [-0.1, -0.05) is 48.2 Å².